The first-order valence-corrected chi connectivity index (χ1v) is 6.00. The second-order valence-corrected chi connectivity index (χ2v) is 4.27. The Morgan fingerprint density at radius 2 is 2.11 bits per heavy atom. The van der Waals surface area contributed by atoms with Crippen molar-refractivity contribution < 1.29 is 0 Å². The van der Waals surface area contributed by atoms with Crippen LogP contribution in [0.3, 0.4) is 0 Å². The molecule has 0 radical (unpaired) electrons. The van der Waals surface area contributed by atoms with Gasteiger partial charge in [-0.3, -0.25) is 0 Å². The molecule has 0 saturated heterocycles. The fraction of sp³-hybridized carbons (Fsp3) is 0.154. The van der Waals surface area contributed by atoms with Gasteiger partial charge in [0.15, 0.2) is 5.65 Å². The lowest BCUT2D eigenvalue weighted by molar-refractivity contribution is 0.738. The molecule has 6 nitrogen and oxygen atoms in total. The predicted molar refractivity (Wildman–Crippen MR) is 73.1 cm³/mol. The van der Waals surface area contributed by atoms with Crippen LogP contribution in [-0.2, 0) is 0 Å². The average Bonchev–Trinajstić information content (AvgIpc) is 2.90. The Labute approximate surface area is 109 Å². The lowest BCUT2D eigenvalue weighted by Gasteiger charge is -2.12. The Balaban J connectivity index is 2.15. The van der Waals surface area contributed by atoms with E-state index in [1.807, 2.05) is 24.3 Å². The summed E-state index contributed by atoms with van der Waals surface area (Å²) in [6, 6.07) is 7.61. The van der Waals surface area contributed by atoms with Gasteiger partial charge in [-0.2, -0.15) is 0 Å². The maximum Gasteiger partial charge on any atom is 0.181 e. The van der Waals surface area contributed by atoms with Crippen molar-refractivity contribution in [3.63, 3.8) is 0 Å². The molecule has 1 atom stereocenters. The van der Waals surface area contributed by atoms with Gasteiger partial charge in [0.25, 0.3) is 0 Å². The summed E-state index contributed by atoms with van der Waals surface area (Å²) in [6.07, 6.45) is 3.18. The number of nitrogens with two attached hydrogens (primary N) is 2. The van der Waals surface area contributed by atoms with Gasteiger partial charge in [0.1, 0.15) is 17.7 Å². The minimum Gasteiger partial charge on any atom is -0.335 e. The molecule has 5 N–H and O–H groups in total. The van der Waals surface area contributed by atoms with Gasteiger partial charge < -0.3 is 16.5 Å². The molecule has 2 aromatic heterocycles. The first-order valence-electron chi connectivity index (χ1n) is 6.00. The molecule has 6 heteroatoms. The molecule has 0 saturated carbocycles. The standard InChI is InChI=1S/C13H14N6/c14-5-10(15)8-3-1-2-4-9(8)12-18-11-6-16-7-17-13(11)19-12/h1-4,6-7,10H,5,14-15H2,(H,16,17,18,19). The van der Waals surface area contributed by atoms with Crippen LogP contribution < -0.4 is 11.5 Å². The van der Waals surface area contributed by atoms with E-state index in [4.69, 9.17) is 11.5 Å². The van der Waals surface area contributed by atoms with Gasteiger partial charge in [-0.1, -0.05) is 24.3 Å². The minimum atomic E-state index is -0.213. The third-order valence-corrected chi connectivity index (χ3v) is 3.03. The summed E-state index contributed by atoms with van der Waals surface area (Å²) < 4.78 is 0. The summed E-state index contributed by atoms with van der Waals surface area (Å²) in [5.41, 5.74) is 15.0. The molecule has 0 amide bonds. The van der Waals surface area contributed by atoms with Crippen molar-refractivity contribution >= 4 is 11.2 Å². The van der Waals surface area contributed by atoms with E-state index in [9.17, 15) is 0 Å². The molecule has 0 aliphatic heterocycles. The topological polar surface area (TPSA) is 106 Å². The van der Waals surface area contributed by atoms with Crippen molar-refractivity contribution in [2.24, 2.45) is 11.5 Å². The highest BCUT2D eigenvalue weighted by molar-refractivity contribution is 5.75. The Kier molecular flexibility index (Phi) is 2.94. The number of imidazole rings is 1. The van der Waals surface area contributed by atoms with Crippen molar-refractivity contribution in [1.29, 1.82) is 0 Å². The van der Waals surface area contributed by atoms with Gasteiger partial charge in [-0.15, -0.1) is 0 Å². The first-order chi connectivity index (χ1) is 9.29. The highest BCUT2D eigenvalue weighted by Gasteiger charge is 2.13. The fourth-order valence-electron chi connectivity index (χ4n) is 2.05. The van der Waals surface area contributed by atoms with E-state index in [0.29, 0.717) is 12.2 Å². The maximum absolute atomic E-state index is 6.03. The van der Waals surface area contributed by atoms with E-state index >= 15 is 0 Å². The van der Waals surface area contributed by atoms with E-state index in [1.54, 1.807) is 6.20 Å². The zero-order valence-electron chi connectivity index (χ0n) is 10.2. The number of nitrogens with one attached hydrogen (secondary N) is 1. The maximum atomic E-state index is 6.03. The van der Waals surface area contributed by atoms with Crippen LogP contribution in [0.5, 0.6) is 0 Å². The average molecular weight is 254 g/mol. The molecule has 1 aromatic carbocycles. The van der Waals surface area contributed by atoms with Crippen LogP contribution >= 0.6 is 0 Å². The van der Waals surface area contributed by atoms with Crippen molar-refractivity contribution in [1.82, 2.24) is 19.9 Å². The van der Waals surface area contributed by atoms with Crippen LogP contribution in [0, 0.1) is 0 Å². The normalized spacial score (nSPS) is 12.7. The van der Waals surface area contributed by atoms with Crippen LogP contribution in [0.4, 0.5) is 0 Å². The molecule has 0 aliphatic carbocycles. The summed E-state index contributed by atoms with van der Waals surface area (Å²) in [7, 11) is 0. The van der Waals surface area contributed by atoms with Crippen LogP contribution in [0.2, 0.25) is 0 Å². The molecule has 0 fully saturated rings. The number of rotatable bonds is 3. The van der Waals surface area contributed by atoms with Gasteiger partial charge in [0.2, 0.25) is 0 Å². The fourth-order valence-corrected chi connectivity index (χ4v) is 2.05. The summed E-state index contributed by atoms with van der Waals surface area (Å²) in [6.45, 7) is 0.386. The third kappa shape index (κ3) is 2.07. The van der Waals surface area contributed by atoms with E-state index < -0.39 is 0 Å². The third-order valence-electron chi connectivity index (χ3n) is 3.03. The predicted octanol–water partition coefficient (Wildman–Crippen LogP) is 0.978. The van der Waals surface area contributed by atoms with E-state index in [2.05, 4.69) is 19.9 Å². The minimum absolute atomic E-state index is 0.213. The molecule has 3 aromatic rings. The molecule has 19 heavy (non-hydrogen) atoms. The van der Waals surface area contributed by atoms with Gasteiger partial charge in [-0.25, -0.2) is 15.0 Å². The molecule has 0 aliphatic rings. The quantitative estimate of drug-likeness (QED) is 0.646. The second kappa shape index (κ2) is 4.75. The Bertz CT molecular complexity index is 672. The van der Waals surface area contributed by atoms with Gasteiger partial charge in [0, 0.05) is 18.2 Å². The zero-order valence-corrected chi connectivity index (χ0v) is 10.2. The highest BCUT2D eigenvalue weighted by Crippen LogP contribution is 2.25. The highest BCUT2D eigenvalue weighted by atomic mass is 15.0. The molecule has 96 valence electrons. The Morgan fingerprint density at radius 3 is 2.89 bits per heavy atom. The number of fused-ring (bicyclic) bond motifs is 1. The zero-order chi connectivity index (χ0) is 13.2. The molecule has 0 spiro atoms. The van der Waals surface area contributed by atoms with Crippen LogP contribution in [0.15, 0.2) is 36.8 Å². The molecular formula is C13H14N6. The van der Waals surface area contributed by atoms with Crippen LogP contribution in [0.1, 0.15) is 11.6 Å². The van der Waals surface area contributed by atoms with Crippen molar-refractivity contribution in [3.05, 3.63) is 42.4 Å². The smallest absolute Gasteiger partial charge is 0.181 e. The number of H-pyrrole nitrogens is 1. The lowest BCUT2D eigenvalue weighted by Crippen LogP contribution is -2.21. The number of hydrogen-bond acceptors (Lipinski definition) is 5. The van der Waals surface area contributed by atoms with E-state index in [0.717, 1.165) is 22.5 Å². The SMILES string of the molecule is NCC(N)c1ccccc1-c1nc2ncncc2[nH]1. The monoisotopic (exact) mass is 254 g/mol. The number of benzene rings is 1. The molecule has 0 bridgehead atoms. The molecule has 1 unspecified atom stereocenters. The molecular weight excluding hydrogens is 240 g/mol. The lowest BCUT2D eigenvalue weighted by atomic mass is 10.0. The van der Waals surface area contributed by atoms with Crippen LogP contribution in [-0.4, -0.2) is 26.5 Å². The number of nitrogens with zero attached hydrogens (tertiary/aromatic N) is 3. The summed E-state index contributed by atoms with van der Waals surface area (Å²) in [4.78, 5) is 15.7. The largest absolute Gasteiger partial charge is 0.335 e. The van der Waals surface area contributed by atoms with Crippen molar-refractivity contribution in [3.8, 4) is 11.4 Å². The van der Waals surface area contributed by atoms with Gasteiger partial charge >= 0.3 is 0 Å². The van der Waals surface area contributed by atoms with Crippen LogP contribution in [0.25, 0.3) is 22.6 Å². The summed E-state index contributed by atoms with van der Waals surface area (Å²) in [5, 5.41) is 0. The number of hydrogen-bond donors (Lipinski definition) is 3. The number of aromatic amines is 1. The second-order valence-electron chi connectivity index (χ2n) is 4.27. The van der Waals surface area contributed by atoms with E-state index in [-0.39, 0.29) is 6.04 Å². The van der Waals surface area contributed by atoms with Crippen molar-refractivity contribution in [2.75, 3.05) is 6.54 Å². The summed E-state index contributed by atoms with van der Waals surface area (Å²) in [5.74, 6) is 0.731. The Morgan fingerprint density at radius 1 is 1.26 bits per heavy atom. The number of aromatic nitrogens is 4. The molecule has 3 rings (SSSR count). The summed E-state index contributed by atoms with van der Waals surface area (Å²) >= 11 is 0. The van der Waals surface area contributed by atoms with Gasteiger partial charge in [-0.05, 0) is 5.56 Å². The first kappa shape index (κ1) is 11.8. The molecule has 2 heterocycles. The van der Waals surface area contributed by atoms with Gasteiger partial charge in [0.05, 0.1) is 6.20 Å². The van der Waals surface area contributed by atoms with Crippen molar-refractivity contribution in [2.45, 2.75) is 6.04 Å². The Hall–Kier alpha value is -2.31. The van der Waals surface area contributed by atoms with E-state index in [1.165, 1.54) is 6.33 Å².